The summed E-state index contributed by atoms with van der Waals surface area (Å²) in [6.07, 6.45) is 0. The molecule has 1 heterocycles. The number of benzene rings is 1. The van der Waals surface area contributed by atoms with Crippen molar-refractivity contribution in [3.63, 3.8) is 0 Å². The van der Waals surface area contributed by atoms with Crippen LogP contribution in [0.15, 0.2) is 36.4 Å². The molecule has 0 fully saturated rings. The average Bonchev–Trinajstić information content (AvgIpc) is 2.16. The molecule has 1 aromatic heterocycles. The molecule has 0 bridgehead atoms. The van der Waals surface area contributed by atoms with Crippen LogP contribution in [0.4, 0.5) is 0 Å². The predicted octanol–water partition coefficient (Wildman–Crippen LogP) is 2.10. The van der Waals surface area contributed by atoms with Crippen molar-refractivity contribution in [2.24, 2.45) is 0 Å². The second-order valence-electron chi connectivity index (χ2n) is 4.64. The summed E-state index contributed by atoms with van der Waals surface area (Å²) in [7, 11) is 2.18. The second-order valence-corrected chi connectivity index (χ2v) is 4.64. The fourth-order valence-electron chi connectivity index (χ4n) is 1.48. The lowest BCUT2D eigenvalue weighted by atomic mass is 9.70. The van der Waals surface area contributed by atoms with E-state index in [1.54, 1.807) is 0 Å². The third-order valence-corrected chi connectivity index (χ3v) is 2.37. The number of aromatic nitrogens is 1. The van der Waals surface area contributed by atoms with Gasteiger partial charge in [0.05, 0.1) is 5.52 Å². The molecule has 0 aliphatic carbocycles. The molecule has 1 nitrogen and oxygen atoms in total. The van der Waals surface area contributed by atoms with Crippen molar-refractivity contribution in [1.82, 2.24) is 4.98 Å². The maximum absolute atomic E-state index is 4.65. The van der Waals surface area contributed by atoms with Gasteiger partial charge in [-0.15, -0.1) is 0 Å². The molecule has 0 atom stereocenters. The van der Waals surface area contributed by atoms with Gasteiger partial charge in [-0.05, 0) is 17.4 Å². The second kappa shape index (κ2) is 3.12. The molecule has 2 rings (SSSR count). The summed E-state index contributed by atoms with van der Waals surface area (Å²) < 4.78 is 0. The van der Waals surface area contributed by atoms with E-state index in [1.165, 1.54) is 5.39 Å². The van der Waals surface area contributed by atoms with E-state index >= 15 is 0 Å². The van der Waals surface area contributed by atoms with Gasteiger partial charge in [-0.2, -0.15) is 0 Å². The minimum atomic E-state index is 0.129. The van der Waals surface area contributed by atoms with Crippen molar-refractivity contribution < 1.29 is 0 Å². The number of para-hydroxylation sites is 1. The monoisotopic (exact) mass is 183 g/mol. The number of nitrogens with zero attached hydrogens (tertiary/aromatic N) is 1. The molecule has 1 aromatic carbocycles. The van der Waals surface area contributed by atoms with Gasteiger partial charge in [0, 0.05) is 11.1 Å². The van der Waals surface area contributed by atoms with Crippen LogP contribution in [0.25, 0.3) is 10.9 Å². The third kappa shape index (κ3) is 1.65. The molecular formula is C12H14BN. The van der Waals surface area contributed by atoms with E-state index in [0.717, 1.165) is 11.2 Å². The van der Waals surface area contributed by atoms with Crippen molar-refractivity contribution >= 4 is 18.7 Å². The van der Waals surface area contributed by atoms with Crippen molar-refractivity contribution in [3.05, 3.63) is 42.1 Å². The molecule has 70 valence electrons. The highest BCUT2D eigenvalue weighted by Crippen LogP contribution is 2.20. The molecule has 0 aliphatic rings. The van der Waals surface area contributed by atoms with Gasteiger partial charge in [-0.1, -0.05) is 38.1 Å². The lowest BCUT2D eigenvalue weighted by Crippen LogP contribution is -2.18. The number of rotatable bonds is 1. The highest BCUT2D eigenvalue weighted by molar-refractivity contribution is 6.15. The van der Waals surface area contributed by atoms with Gasteiger partial charge in [-0.25, -0.2) is 0 Å². The highest BCUT2D eigenvalue weighted by atomic mass is 14.7. The van der Waals surface area contributed by atoms with Crippen molar-refractivity contribution in [2.45, 2.75) is 19.2 Å². The molecule has 2 heteroatoms. The van der Waals surface area contributed by atoms with Crippen LogP contribution in [-0.2, 0) is 5.31 Å². The Labute approximate surface area is 85.6 Å². The quantitative estimate of drug-likeness (QED) is 0.617. The zero-order valence-electron chi connectivity index (χ0n) is 8.91. The van der Waals surface area contributed by atoms with Crippen LogP contribution in [0, 0.1) is 0 Å². The summed E-state index contributed by atoms with van der Waals surface area (Å²) in [6.45, 7) is 4.37. The lowest BCUT2D eigenvalue weighted by Gasteiger charge is -2.17. The average molecular weight is 183 g/mol. The maximum atomic E-state index is 4.65. The molecule has 0 saturated heterocycles. The first-order valence-corrected chi connectivity index (χ1v) is 4.94. The Balaban J connectivity index is 2.63. The van der Waals surface area contributed by atoms with E-state index in [9.17, 15) is 0 Å². The SMILES string of the molecule is BC(C)(C)c1ccc2ccccc2n1. The minimum Gasteiger partial charge on any atom is -0.253 e. The fraction of sp³-hybridized carbons (Fsp3) is 0.250. The van der Waals surface area contributed by atoms with E-state index < -0.39 is 0 Å². The predicted molar refractivity (Wildman–Crippen MR) is 63.3 cm³/mol. The van der Waals surface area contributed by atoms with Crippen LogP contribution in [0.5, 0.6) is 0 Å². The molecular weight excluding hydrogens is 169 g/mol. The van der Waals surface area contributed by atoms with Gasteiger partial charge >= 0.3 is 0 Å². The van der Waals surface area contributed by atoms with E-state index in [0.29, 0.717) is 0 Å². The van der Waals surface area contributed by atoms with E-state index in [-0.39, 0.29) is 5.31 Å². The molecule has 14 heavy (non-hydrogen) atoms. The van der Waals surface area contributed by atoms with Crippen molar-refractivity contribution in [3.8, 4) is 0 Å². The van der Waals surface area contributed by atoms with Crippen LogP contribution in [0.2, 0.25) is 0 Å². The van der Waals surface area contributed by atoms with E-state index in [4.69, 9.17) is 0 Å². The van der Waals surface area contributed by atoms with Gasteiger partial charge in [0.1, 0.15) is 7.85 Å². The van der Waals surface area contributed by atoms with Gasteiger partial charge in [0.15, 0.2) is 0 Å². The van der Waals surface area contributed by atoms with E-state index in [2.05, 4.69) is 50.9 Å². The summed E-state index contributed by atoms with van der Waals surface area (Å²) in [6, 6.07) is 12.5. The summed E-state index contributed by atoms with van der Waals surface area (Å²) in [4.78, 5) is 4.65. The maximum Gasteiger partial charge on any atom is 0.116 e. The number of fused-ring (bicyclic) bond motifs is 1. The van der Waals surface area contributed by atoms with Gasteiger partial charge < -0.3 is 0 Å². The highest BCUT2D eigenvalue weighted by Gasteiger charge is 2.15. The Morgan fingerprint density at radius 1 is 1.07 bits per heavy atom. The first kappa shape index (κ1) is 9.26. The van der Waals surface area contributed by atoms with Gasteiger partial charge in [0.2, 0.25) is 0 Å². The summed E-state index contributed by atoms with van der Waals surface area (Å²) in [5.74, 6) is 0. The van der Waals surface area contributed by atoms with Gasteiger partial charge in [0.25, 0.3) is 0 Å². The Morgan fingerprint density at radius 3 is 2.50 bits per heavy atom. The van der Waals surface area contributed by atoms with Crippen molar-refractivity contribution in [2.75, 3.05) is 0 Å². The molecule has 0 unspecified atom stereocenters. The van der Waals surface area contributed by atoms with Crippen LogP contribution < -0.4 is 0 Å². The summed E-state index contributed by atoms with van der Waals surface area (Å²) >= 11 is 0. The lowest BCUT2D eigenvalue weighted by molar-refractivity contribution is 0.735. The smallest absolute Gasteiger partial charge is 0.116 e. The molecule has 0 amide bonds. The van der Waals surface area contributed by atoms with E-state index in [1.807, 2.05) is 12.1 Å². The van der Waals surface area contributed by atoms with Crippen LogP contribution in [0.3, 0.4) is 0 Å². The molecule has 0 N–H and O–H groups in total. The first-order chi connectivity index (χ1) is 6.57. The van der Waals surface area contributed by atoms with Crippen LogP contribution >= 0.6 is 0 Å². The zero-order valence-corrected chi connectivity index (χ0v) is 8.91. The number of pyridine rings is 1. The van der Waals surface area contributed by atoms with Crippen molar-refractivity contribution in [1.29, 1.82) is 0 Å². The Kier molecular flexibility index (Phi) is 2.07. The largest absolute Gasteiger partial charge is 0.253 e. The molecule has 0 radical (unpaired) electrons. The van der Waals surface area contributed by atoms with Crippen LogP contribution in [-0.4, -0.2) is 12.8 Å². The topological polar surface area (TPSA) is 12.9 Å². The molecule has 0 aliphatic heterocycles. The number of hydrogen-bond donors (Lipinski definition) is 0. The number of hydrogen-bond acceptors (Lipinski definition) is 1. The molecule has 2 aromatic rings. The fourth-order valence-corrected chi connectivity index (χ4v) is 1.48. The summed E-state index contributed by atoms with van der Waals surface area (Å²) in [5.41, 5.74) is 2.23. The van der Waals surface area contributed by atoms with Crippen LogP contribution in [0.1, 0.15) is 19.5 Å². The third-order valence-electron chi connectivity index (χ3n) is 2.37. The molecule has 0 spiro atoms. The Hall–Kier alpha value is -1.31. The van der Waals surface area contributed by atoms with Gasteiger partial charge in [-0.3, -0.25) is 4.98 Å². The first-order valence-electron chi connectivity index (χ1n) is 4.94. The minimum absolute atomic E-state index is 0.129. The Bertz CT molecular complexity index is 457. The zero-order chi connectivity index (χ0) is 10.2. The molecule has 0 saturated carbocycles. The normalized spacial score (nSPS) is 11.9. The standard InChI is InChI=1S/C12H14BN/c1-12(2,13)11-8-7-9-5-3-4-6-10(9)14-11/h3-8H,13H2,1-2H3. The summed E-state index contributed by atoms with van der Waals surface area (Å²) in [5, 5.41) is 1.34. The Morgan fingerprint density at radius 2 is 1.79 bits per heavy atom.